The zero-order valence-electron chi connectivity index (χ0n) is 18.4. The molecular weight excluding hydrogens is 518 g/mol. The van der Waals surface area contributed by atoms with Crippen LogP contribution in [0.2, 0.25) is 0 Å². The molecule has 0 fully saturated rings. The van der Waals surface area contributed by atoms with E-state index < -0.39 is 23.4 Å². The number of hydrogen-bond acceptors (Lipinski definition) is 7. The predicted octanol–water partition coefficient (Wildman–Crippen LogP) is 4.88. The van der Waals surface area contributed by atoms with Crippen molar-refractivity contribution >= 4 is 38.8 Å². The summed E-state index contributed by atoms with van der Waals surface area (Å²) in [5, 5.41) is 3.14. The number of nitrogens with one attached hydrogen (secondary N) is 1. The van der Waals surface area contributed by atoms with Crippen LogP contribution in [-0.4, -0.2) is 18.5 Å². The Morgan fingerprint density at radius 1 is 1.06 bits per heavy atom. The molecule has 1 aliphatic rings. The fourth-order valence-electron chi connectivity index (χ4n) is 4.00. The SMILES string of the molecule is CCOC(=O)C1=C(NC(=O)c2ccco2)Oc2c(c(=O)oc3ccccc23)C1c1ccc(Br)cc1. The van der Waals surface area contributed by atoms with Gasteiger partial charge in [-0.1, -0.05) is 40.2 Å². The van der Waals surface area contributed by atoms with Crippen molar-refractivity contribution in [2.45, 2.75) is 12.8 Å². The molecule has 35 heavy (non-hydrogen) atoms. The number of rotatable bonds is 5. The van der Waals surface area contributed by atoms with Crippen molar-refractivity contribution in [1.82, 2.24) is 5.32 Å². The highest BCUT2D eigenvalue weighted by Crippen LogP contribution is 2.44. The molecule has 0 saturated carbocycles. The van der Waals surface area contributed by atoms with Gasteiger partial charge in [0, 0.05) is 4.47 Å². The van der Waals surface area contributed by atoms with Crippen molar-refractivity contribution < 1.29 is 27.9 Å². The van der Waals surface area contributed by atoms with Gasteiger partial charge in [0.25, 0.3) is 5.91 Å². The standard InChI is InChI=1S/C26H18BrNO7/c1-2-32-25(30)21-19(14-9-11-15(27)12-10-14)20-22(16-6-3-4-7-17(16)34-26(20)31)35-24(21)28-23(29)18-8-5-13-33-18/h3-13,19H,2H2,1H3,(H,28,29). The lowest BCUT2D eigenvalue weighted by Gasteiger charge is -2.29. The average molecular weight is 536 g/mol. The number of halogens is 1. The molecule has 1 atom stereocenters. The molecule has 1 aliphatic heterocycles. The van der Waals surface area contributed by atoms with E-state index in [1.165, 1.54) is 12.3 Å². The van der Waals surface area contributed by atoms with Crippen molar-refractivity contribution in [1.29, 1.82) is 0 Å². The minimum Gasteiger partial charge on any atom is -0.462 e. The minimum atomic E-state index is -0.932. The normalized spacial score (nSPS) is 14.9. The zero-order valence-corrected chi connectivity index (χ0v) is 20.0. The molecule has 9 heteroatoms. The van der Waals surface area contributed by atoms with Crippen molar-refractivity contribution in [2.24, 2.45) is 0 Å². The molecule has 0 spiro atoms. The number of benzene rings is 2. The summed E-state index contributed by atoms with van der Waals surface area (Å²) in [6.45, 7) is 1.74. The van der Waals surface area contributed by atoms with E-state index in [4.69, 9.17) is 18.3 Å². The van der Waals surface area contributed by atoms with E-state index in [9.17, 15) is 14.4 Å². The maximum atomic E-state index is 13.2. The molecule has 8 nitrogen and oxygen atoms in total. The van der Waals surface area contributed by atoms with E-state index >= 15 is 0 Å². The number of esters is 1. The van der Waals surface area contributed by atoms with Crippen LogP contribution in [0.4, 0.5) is 0 Å². The summed E-state index contributed by atoms with van der Waals surface area (Å²) in [5.41, 5.74) is 0.342. The number of ether oxygens (including phenoxy) is 2. The van der Waals surface area contributed by atoms with Gasteiger partial charge in [-0.2, -0.15) is 0 Å². The van der Waals surface area contributed by atoms with Gasteiger partial charge in [0.2, 0.25) is 5.88 Å². The molecule has 5 rings (SSSR count). The molecule has 4 aromatic rings. The Hall–Kier alpha value is -4.11. The summed E-state index contributed by atoms with van der Waals surface area (Å²) < 4.78 is 23.0. The highest BCUT2D eigenvalue weighted by molar-refractivity contribution is 9.10. The monoisotopic (exact) mass is 535 g/mol. The Kier molecular flexibility index (Phi) is 6.00. The van der Waals surface area contributed by atoms with Crippen molar-refractivity contribution in [2.75, 3.05) is 6.61 Å². The van der Waals surface area contributed by atoms with Gasteiger partial charge >= 0.3 is 11.6 Å². The van der Waals surface area contributed by atoms with Crippen LogP contribution in [0, 0.1) is 0 Å². The summed E-state index contributed by atoms with van der Waals surface area (Å²) in [5.74, 6) is -2.24. The number of carbonyl (C=O) groups is 2. The third kappa shape index (κ3) is 4.15. The van der Waals surface area contributed by atoms with E-state index in [-0.39, 0.29) is 35.1 Å². The van der Waals surface area contributed by atoms with Crippen molar-refractivity contribution in [3.05, 3.63) is 110 Å². The lowest BCUT2D eigenvalue weighted by atomic mass is 9.83. The third-order valence-corrected chi connectivity index (χ3v) is 6.02. The van der Waals surface area contributed by atoms with Gasteiger partial charge in [-0.05, 0) is 48.9 Å². The molecule has 2 aromatic carbocycles. The van der Waals surface area contributed by atoms with Crippen LogP contribution in [-0.2, 0) is 9.53 Å². The third-order valence-electron chi connectivity index (χ3n) is 5.50. The topological polar surface area (TPSA) is 108 Å². The Labute approximate surface area is 207 Å². The van der Waals surface area contributed by atoms with Crippen LogP contribution in [0.5, 0.6) is 5.75 Å². The summed E-state index contributed by atoms with van der Waals surface area (Å²) in [6, 6.07) is 17.0. The molecule has 0 radical (unpaired) electrons. The Balaban J connectivity index is 1.78. The summed E-state index contributed by atoms with van der Waals surface area (Å²) in [4.78, 5) is 39.3. The quantitative estimate of drug-likeness (QED) is 0.286. The fraction of sp³-hybridized carbons (Fsp3) is 0.115. The van der Waals surface area contributed by atoms with E-state index in [0.717, 1.165) is 4.47 Å². The van der Waals surface area contributed by atoms with Crippen molar-refractivity contribution in [3.8, 4) is 5.75 Å². The molecule has 3 heterocycles. The van der Waals surface area contributed by atoms with E-state index in [2.05, 4.69) is 21.2 Å². The fourth-order valence-corrected chi connectivity index (χ4v) is 4.26. The zero-order chi connectivity index (χ0) is 24.5. The van der Waals surface area contributed by atoms with Crippen molar-refractivity contribution in [3.63, 3.8) is 0 Å². The van der Waals surface area contributed by atoms with Gasteiger partial charge in [-0.15, -0.1) is 0 Å². The van der Waals surface area contributed by atoms with Crippen LogP contribution in [0.15, 0.2) is 96.5 Å². The van der Waals surface area contributed by atoms with E-state index in [1.807, 2.05) is 0 Å². The van der Waals surface area contributed by atoms with Crippen LogP contribution in [0.3, 0.4) is 0 Å². The van der Waals surface area contributed by atoms with Crippen LogP contribution >= 0.6 is 15.9 Å². The number of carbonyl (C=O) groups excluding carboxylic acids is 2. The first kappa shape index (κ1) is 22.7. The second-order valence-corrected chi connectivity index (χ2v) is 8.53. The van der Waals surface area contributed by atoms with E-state index in [1.54, 1.807) is 61.5 Å². The molecule has 176 valence electrons. The maximum absolute atomic E-state index is 13.2. The highest BCUT2D eigenvalue weighted by Gasteiger charge is 2.40. The van der Waals surface area contributed by atoms with Crippen LogP contribution < -0.4 is 15.7 Å². The first-order valence-electron chi connectivity index (χ1n) is 10.7. The summed E-state index contributed by atoms with van der Waals surface area (Å²) in [7, 11) is 0. The molecule has 0 aliphatic carbocycles. The Morgan fingerprint density at radius 2 is 1.83 bits per heavy atom. The van der Waals surface area contributed by atoms with Gasteiger partial charge in [0.15, 0.2) is 11.5 Å². The molecule has 0 bridgehead atoms. The van der Waals surface area contributed by atoms with E-state index in [0.29, 0.717) is 16.5 Å². The number of amides is 1. The number of fused-ring (bicyclic) bond motifs is 3. The summed E-state index contributed by atoms with van der Waals surface area (Å²) >= 11 is 3.41. The molecular formula is C26H18BrNO7. The first-order valence-corrected chi connectivity index (χ1v) is 11.5. The highest BCUT2D eigenvalue weighted by atomic mass is 79.9. The maximum Gasteiger partial charge on any atom is 0.344 e. The molecule has 1 N–H and O–H groups in total. The number of hydrogen-bond donors (Lipinski definition) is 1. The minimum absolute atomic E-state index is 0.0210. The van der Waals surface area contributed by atoms with Crippen LogP contribution in [0.25, 0.3) is 11.0 Å². The largest absolute Gasteiger partial charge is 0.462 e. The second kappa shape index (κ2) is 9.27. The lowest BCUT2D eigenvalue weighted by Crippen LogP contribution is -2.35. The molecule has 2 aromatic heterocycles. The predicted molar refractivity (Wildman–Crippen MR) is 129 cm³/mol. The Bertz CT molecular complexity index is 1520. The molecule has 1 unspecified atom stereocenters. The second-order valence-electron chi connectivity index (χ2n) is 7.61. The van der Waals surface area contributed by atoms with Gasteiger partial charge in [-0.3, -0.25) is 10.1 Å². The van der Waals surface area contributed by atoms with Crippen LogP contribution in [0.1, 0.15) is 34.5 Å². The molecule has 0 saturated heterocycles. The average Bonchev–Trinajstić information content (AvgIpc) is 3.39. The lowest BCUT2D eigenvalue weighted by molar-refractivity contribution is -0.139. The van der Waals surface area contributed by atoms with Gasteiger partial charge in [0.1, 0.15) is 11.2 Å². The van der Waals surface area contributed by atoms with Gasteiger partial charge < -0.3 is 18.3 Å². The number of para-hydroxylation sites is 1. The van der Waals surface area contributed by atoms with Gasteiger partial charge in [0.05, 0.1) is 29.7 Å². The summed E-state index contributed by atoms with van der Waals surface area (Å²) in [6.07, 6.45) is 1.36. The first-order chi connectivity index (χ1) is 17.0. The molecule has 1 amide bonds. The number of furan rings is 1. The van der Waals surface area contributed by atoms with Gasteiger partial charge in [-0.25, -0.2) is 9.59 Å². The smallest absolute Gasteiger partial charge is 0.344 e. The Morgan fingerprint density at radius 3 is 2.54 bits per heavy atom.